The lowest BCUT2D eigenvalue weighted by atomic mass is 9.85. The van der Waals surface area contributed by atoms with Gasteiger partial charge in [0.1, 0.15) is 0 Å². The molecule has 0 amide bonds. The van der Waals surface area contributed by atoms with Crippen molar-refractivity contribution in [2.24, 2.45) is 13.0 Å². The molecule has 3 nitrogen and oxygen atoms in total. The van der Waals surface area contributed by atoms with Crippen LogP contribution in [0.3, 0.4) is 0 Å². The highest BCUT2D eigenvalue weighted by atomic mass is 79.9. The van der Waals surface area contributed by atoms with E-state index in [1.165, 1.54) is 41.7 Å². The lowest BCUT2D eigenvalue weighted by molar-refractivity contribution is 0.197. The second-order valence-electron chi connectivity index (χ2n) is 5.18. The van der Waals surface area contributed by atoms with E-state index in [1.54, 1.807) is 0 Å². The maximum atomic E-state index is 4.54. The van der Waals surface area contributed by atoms with E-state index >= 15 is 0 Å². The summed E-state index contributed by atoms with van der Waals surface area (Å²) in [6, 6.07) is 0. The van der Waals surface area contributed by atoms with Gasteiger partial charge in [0.15, 0.2) is 0 Å². The molecule has 0 N–H and O–H groups in total. The molecule has 2 rings (SSSR count). The number of hydrogen-bond donors (Lipinski definition) is 0. The summed E-state index contributed by atoms with van der Waals surface area (Å²) in [6.07, 6.45) is 5.24. The van der Waals surface area contributed by atoms with Gasteiger partial charge in [-0.2, -0.15) is 5.10 Å². The maximum Gasteiger partial charge on any atom is 0.0767 e. The fourth-order valence-electron chi connectivity index (χ4n) is 2.43. The zero-order chi connectivity index (χ0) is 12.4. The molecule has 0 radical (unpaired) electrons. The molecule has 1 aromatic rings. The minimum absolute atomic E-state index is 0.928. The second kappa shape index (κ2) is 5.53. The van der Waals surface area contributed by atoms with Gasteiger partial charge in [0.25, 0.3) is 0 Å². The first kappa shape index (κ1) is 13.1. The third-order valence-electron chi connectivity index (χ3n) is 3.72. The number of aromatic nitrogens is 2. The van der Waals surface area contributed by atoms with Crippen LogP contribution in [0.5, 0.6) is 0 Å². The van der Waals surface area contributed by atoms with Gasteiger partial charge in [-0.1, -0.05) is 13.3 Å². The van der Waals surface area contributed by atoms with Crippen molar-refractivity contribution in [1.29, 1.82) is 0 Å². The minimum Gasteiger partial charge on any atom is -0.300 e. The fraction of sp³-hybridized carbons (Fsp3) is 0.769. The zero-order valence-corrected chi connectivity index (χ0v) is 12.6. The standard InChI is InChI=1S/C13H22BrN3/c1-4-11-13(14)12(17(3)15-11)9-16(2)8-10-6-5-7-10/h10H,4-9H2,1-3H3. The largest absolute Gasteiger partial charge is 0.300 e. The molecule has 0 bridgehead atoms. The van der Waals surface area contributed by atoms with Crippen LogP contribution < -0.4 is 0 Å². The summed E-state index contributed by atoms with van der Waals surface area (Å²) < 4.78 is 3.21. The Balaban J connectivity index is 1.99. The van der Waals surface area contributed by atoms with Gasteiger partial charge in [-0.05, 0) is 48.2 Å². The van der Waals surface area contributed by atoms with E-state index < -0.39 is 0 Å². The third-order valence-corrected chi connectivity index (χ3v) is 4.63. The van der Waals surface area contributed by atoms with Gasteiger partial charge in [0.05, 0.1) is 15.9 Å². The van der Waals surface area contributed by atoms with E-state index in [2.05, 4.69) is 39.9 Å². The van der Waals surface area contributed by atoms with Gasteiger partial charge in [0, 0.05) is 20.1 Å². The Hall–Kier alpha value is -0.350. The van der Waals surface area contributed by atoms with Crippen LogP contribution in [-0.4, -0.2) is 28.3 Å². The van der Waals surface area contributed by atoms with Crippen LogP contribution >= 0.6 is 15.9 Å². The van der Waals surface area contributed by atoms with Crippen LogP contribution in [0.1, 0.15) is 37.6 Å². The molecule has 0 aromatic carbocycles. The van der Waals surface area contributed by atoms with Crippen LogP contribution in [-0.2, 0) is 20.0 Å². The minimum atomic E-state index is 0.928. The third kappa shape index (κ3) is 2.91. The molecule has 1 fully saturated rings. The van der Waals surface area contributed by atoms with E-state index in [-0.39, 0.29) is 0 Å². The van der Waals surface area contributed by atoms with Crippen molar-refractivity contribution < 1.29 is 0 Å². The van der Waals surface area contributed by atoms with Crippen LogP contribution in [0, 0.1) is 5.92 Å². The van der Waals surface area contributed by atoms with E-state index in [4.69, 9.17) is 0 Å². The van der Waals surface area contributed by atoms with Crippen LogP contribution in [0.15, 0.2) is 4.47 Å². The topological polar surface area (TPSA) is 21.1 Å². The SMILES string of the molecule is CCc1nn(C)c(CN(C)CC2CCC2)c1Br. The van der Waals surface area contributed by atoms with Gasteiger partial charge in [-0.25, -0.2) is 0 Å². The van der Waals surface area contributed by atoms with Gasteiger partial charge in [-0.3, -0.25) is 4.68 Å². The molecule has 4 heteroatoms. The average Bonchev–Trinajstić information content (AvgIpc) is 2.51. The number of aryl methyl sites for hydroxylation is 2. The fourth-order valence-corrected chi connectivity index (χ4v) is 3.17. The summed E-state index contributed by atoms with van der Waals surface area (Å²) in [5, 5.41) is 4.54. The highest BCUT2D eigenvalue weighted by Gasteiger charge is 2.20. The number of rotatable bonds is 5. The molecular formula is C13H22BrN3. The molecule has 1 aliphatic rings. The van der Waals surface area contributed by atoms with Gasteiger partial charge < -0.3 is 4.90 Å². The summed E-state index contributed by atoms with van der Waals surface area (Å²) in [7, 11) is 4.25. The molecular weight excluding hydrogens is 278 g/mol. The van der Waals surface area contributed by atoms with Crippen LogP contribution in [0.4, 0.5) is 0 Å². The Kier molecular flexibility index (Phi) is 4.26. The number of nitrogens with zero attached hydrogens (tertiary/aromatic N) is 3. The second-order valence-corrected chi connectivity index (χ2v) is 5.97. The Morgan fingerprint density at radius 3 is 2.65 bits per heavy atom. The van der Waals surface area contributed by atoms with Gasteiger partial charge >= 0.3 is 0 Å². The summed E-state index contributed by atoms with van der Waals surface area (Å²) in [6.45, 7) is 4.36. The van der Waals surface area contributed by atoms with Crippen molar-refractivity contribution in [2.45, 2.75) is 39.2 Å². The molecule has 1 saturated carbocycles. The normalized spacial score (nSPS) is 16.5. The summed E-state index contributed by atoms with van der Waals surface area (Å²) >= 11 is 3.68. The van der Waals surface area contributed by atoms with E-state index in [0.717, 1.165) is 18.9 Å². The molecule has 96 valence electrons. The van der Waals surface area contributed by atoms with Crippen molar-refractivity contribution in [1.82, 2.24) is 14.7 Å². The van der Waals surface area contributed by atoms with Crippen LogP contribution in [0.25, 0.3) is 0 Å². The van der Waals surface area contributed by atoms with Crippen molar-refractivity contribution in [3.05, 3.63) is 15.9 Å². The predicted molar refractivity (Wildman–Crippen MR) is 74.0 cm³/mol. The molecule has 0 aliphatic heterocycles. The summed E-state index contributed by atoms with van der Waals surface area (Å²) in [4.78, 5) is 2.42. The predicted octanol–water partition coefficient (Wildman–Crippen LogP) is 2.98. The van der Waals surface area contributed by atoms with E-state index in [9.17, 15) is 0 Å². The maximum absolute atomic E-state index is 4.54. The highest BCUT2D eigenvalue weighted by molar-refractivity contribution is 9.10. The molecule has 0 saturated heterocycles. The first-order valence-electron chi connectivity index (χ1n) is 6.50. The number of hydrogen-bond acceptors (Lipinski definition) is 2. The average molecular weight is 300 g/mol. The first-order valence-corrected chi connectivity index (χ1v) is 7.30. The van der Waals surface area contributed by atoms with Crippen LogP contribution in [0.2, 0.25) is 0 Å². The summed E-state index contributed by atoms with van der Waals surface area (Å²) in [5.74, 6) is 0.928. The molecule has 1 aromatic heterocycles. The lowest BCUT2D eigenvalue weighted by Crippen LogP contribution is -2.29. The van der Waals surface area contributed by atoms with Crippen molar-refractivity contribution in [2.75, 3.05) is 13.6 Å². The van der Waals surface area contributed by atoms with Crippen molar-refractivity contribution >= 4 is 15.9 Å². The Morgan fingerprint density at radius 1 is 1.47 bits per heavy atom. The molecule has 0 atom stereocenters. The van der Waals surface area contributed by atoms with E-state index in [1.807, 2.05) is 11.7 Å². The molecule has 0 spiro atoms. The Morgan fingerprint density at radius 2 is 2.18 bits per heavy atom. The zero-order valence-electron chi connectivity index (χ0n) is 11.0. The monoisotopic (exact) mass is 299 g/mol. The van der Waals surface area contributed by atoms with Crippen molar-refractivity contribution in [3.63, 3.8) is 0 Å². The van der Waals surface area contributed by atoms with Crippen molar-refractivity contribution in [3.8, 4) is 0 Å². The smallest absolute Gasteiger partial charge is 0.0767 e. The Bertz CT molecular complexity index is 382. The highest BCUT2D eigenvalue weighted by Crippen LogP contribution is 2.28. The van der Waals surface area contributed by atoms with Gasteiger partial charge in [0.2, 0.25) is 0 Å². The summed E-state index contributed by atoms with van der Waals surface area (Å²) in [5.41, 5.74) is 2.46. The Labute approximate surface area is 112 Å². The molecule has 17 heavy (non-hydrogen) atoms. The molecule has 1 heterocycles. The number of halogens is 1. The molecule has 1 aliphatic carbocycles. The van der Waals surface area contributed by atoms with Gasteiger partial charge in [-0.15, -0.1) is 0 Å². The molecule has 0 unspecified atom stereocenters. The quantitative estimate of drug-likeness (QED) is 0.833. The lowest BCUT2D eigenvalue weighted by Gasteiger charge is -2.30. The first-order chi connectivity index (χ1) is 8.11. The van der Waals surface area contributed by atoms with E-state index in [0.29, 0.717) is 0 Å².